The molecule has 3 N–H and O–H groups in total. The van der Waals surface area contributed by atoms with E-state index in [9.17, 15) is 4.79 Å². The Bertz CT molecular complexity index is 610. The number of hydrogen-bond acceptors (Lipinski definition) is 6. The van der Waals surface area contributed by atoms with Gasteiger partial charge in [0.25, 0.3) is 0 Å². The van der Waals surface area contributed by atoms with Gasteiger partial charge in [-0.2, -0.15) is 0 Å². The number of thioether (sulfide) groups is 1. The summed E-state index contributed by atoms with van der Waals surface area (Å²) in [5, 5.41) is 10.7. The molecule has 7 heteroatoms. The molecule has 1 aromatic heterocycles. The van der Waals surface area contributed by atoms with Crippen LogP contribution < -0.4 is 11.1 Å². The van der Waals surface area contributed by atoms with Gasteiger partial charge >= 0.3 is 0 Å². The van der Waals surface area contributed by atoms with Gasteiger partial charge in [0.2, 0.25) is 11.0 Å². The smallest absolute Gasteiger partial charge is 0.237 e. The van der Waals surface area contributed by atoms with Crippen molar-refractivity contribution in [2.45, 2.75) is 36.3 Å². The van der Waals surface area contributed by atoms with Crippen LogP contribution in [0, 0.1) is 0 Å². The lowest BCUT2D eigenvalue weighted by atomic mass is 10.0. The molecule has 0 saturated carbocycles. The van der Waals surface area contributed by atoms with Crippen LogP contribution in [0.25, 0.3) is 0 Å². The first-order chi connectivity index (χ1) is 9.95. The average molecular weight is 322 g/mol. The molecule has 5 nitrogen and oxygen atoms in total. The fourth-order valence-electron chi connectivity index (χ4n) is 1.67. The molecule has 0 aliphatic heterocycles. The number of carbonyl (C=O) groups is 1. The van der Waals surface area contributed by atoms with E-state index >= 15 is 0 Å². The number of hydrogen-bond donors (Lipinski definition) is 2. The molecule has 112 valence electrons. The molecular weight excluding hydrogens is 304 g/mol. The molecule has 1 amide bonds. The Morgan fingerprint density at radius 3 is 2.43 bits per heavy atom. The highest BCUT2D eigenvalue weighted by atomic mass is 32.2. The normalized spacial score (nSPS) is 12.4. The number of nitrogens with two attached hydrogens (primary N) is 1. The van der Waals surface area contributed by atoms with Crippen molar-refractivity contribution >= 4 is 39.8 Å². The lowest BCUT2D eigenvalue weighted by Crippen LogP contribution is -2.22. The van der Waals surface area contributed by atoms with Gasteiger partial charge in [-0.1, -0.05) is 49.1 Å². The highest BCUT2D eigenvalue weighted by Crippen LogP contribution is 2.28. The fraction of sp³-hybridized carbons (Fsp3) is 0.357. The maximum Gasteiger partial charge on any atom is 0.237 e. The van der Waals surface area contributed by atoms with Gasteiger partial charge < -0.3 is 11.1 Å². The second-order valence-electron chi connectivity index (χ2n) is 4.93. The van der Waals surface area contributed by atoms with Gasteiger partial charge in [-0.3, -0.25) is 4.79 Å². The molecule has 0 bridgehead atoms. The first-order valence-corrected chi connectivity index (χ1v) is 8.32. The Morgan fingerprint density at radius 1 is 1.24 bits per heavy atom. The predicted octanol–water partition coefficient (Wildman–Crippen LogP) is 3.36. The molecule has 2 aromatic rings. The number of rotatable bonds is 5. The third-order valence-electron chi connectivity index (χ3n) is 2.91. The standard InChI is InChI=1S/C14H18N4OS2/c1-8(2)10-4-6-11(7-5-10)16-12(19)9(3)20-14-18-17-13(15)21-14/h4-9H,1-3H3,(H2,15,17)(H,16,19)/t9-/m1/s1. The van der Waals surface area contributed by atoms with Crippen LogP contribution in [0.3, 0.4) is 0 Å². The van der Waals surface area contributed by atoms with Crippen molar-refractivity contribution in [3.8, 4) is 0 Å². The minimum absolute atomic E-state index is 0.0638. The molecule has 0 unspecified atom stereocenters. The molecule has 1 heterocycles. The summed E-state index contributed by atoms with van der Waals surface area (Å²) in [7, 11) is 0. The van der Waals surface area contributed by atoms with Crippen molar-refractivity contribution < 1.29 is 4.79 Å². The highest BCUT2D eigenvalue weighted by molar-refractivity contribution is 8.02. The molecule has 2 rings (SSSR count). The zero-order valence-electron chi connectivity index (χ0n) is 12.2. The quantitative estimate of drug-likeness (QED) is 0.825. The summed E-state index contributed by atoms with van der Waals surface area (Å²) in [6, 6.07) is 7.91. The number of benzene rings is 1. The summed E-state index contributed by atoms with van der Waals surface area (Å²) < 4.78 is 0.699. The monoisotopic (exact) mass is 322 g/mol. The molecule has 0 aliphatic carbocycles. The van der Waals surface area contributed by atoms with Gasteiger partial charge in [0.15, 0.2) is 4.34 Å². The lowest BCUT2D eigenvalue weighted by molar-refractivity contribution is -0.115. The van der Waals surface area contributed by atoms with Crippen molar-refractivity contribution in [3.05, 3.63) is 29.8 Å². The molecule has 0 aliphatic rings. The Labute approximate surface area is 132 Å². The predicted molar refractivity (Wildman–Crippen MR) is 88.8 cm³/mol. The van der Waals surface area contributed by atoms with Gasteiger partial charge in [0.05, 0.1) is 5.25 Å². The Morgan fingerprint density at radius 2 is 1.90 bits per heavy atom. The van der Waals surface area contributed by atoms with Crippen molar-refractivity contribution in [1.82, 2.24) is 10.2 Å². The Hall–Kier alpha value is -1.60. The van der Waals surface area contributed by atoms with E-state index in [1.807, 2.05) is 31.2 Å². The van der Waals surface area contributed by atoms with E-state index in [0.29, 0.717) is 15.4 Å². The number of amides is 1. The molecular formula is C14H18N4OS2. The third-order valence-corrected chi connectivity index (χ3v) is 4.85. The molecule has 1 aromatic carbocycles. The maximum absolute atomic E-state index is 12.1. The zero-order valence-corrected chi connectivity index (χ0v) is 13.8. The van der Waals surface area contributed by atoms with Crippen LogP contribution in [0.1, 0.15) is 32.3 Å². The number of anilines is 2. The van der Waals surface area contributed by atoms with E-state index in [0.717, 1.165) is 5.69 Å². The fourth-order valence-corrected chi connectivity index (χ4v) is 3.45. The third kappa shape index (κ3) is 4.44. The van der Waals surface area contributed by atoms with Gasteiger partial charge in [-0.05, 0) is 30.5 Å². The van der Waals surface area contributed by atoms with Crippen molar-refractivity contribution in [1.29, 1.82) is 0 Å². The summed E-state index contributed by atoms with van der Waals surface area (Å²) in [6.45, 7) is 6.11. The van der Waals surface area contributed by atoms with E-state index < -0.39 is 0 Å². The Kier molecular flexibility index (Phi) is 5.19. The summed E-state index contributed by atoms with van der Waals surface area (Å²) >= 11 is 2.64. The molecule has 21 heavy (non-hydrogen) atoms. The number of nitrogen functional groups attached to an aromatic ring is 1. The second-order valence-corrected chi connectivity index (χ2v) is 7.53. The first kappa shape index (κ1) is 15.8. The van der Waals surface area contributed by atoms with Crippen LogP contribution in [-0.2, 0) is 4.79 Å². The van der Waals surface area contributed by atoms with Crippen LogP contribution in [0.5, 0.6) is 0 Å². The lowest BCUT2D eigenvalue weighted by Gasteiger charge is -2.11. The molecule has 0 fully saturated rings. The van der Waals surface area contributed by atoms with E-state index in [-0.39, 0.29) is 11.2 Å². The van der Waals surface area contributed by atoms with Crippen LogP contribution in [0.2, 0.25) is 0 Å². The minimum atomic E-state index is -0.262. The molecule has 0 saturated heterocycles. The van der Waals surface area contributed by atoms with Gasteiger partial charge in [0, 0.05) is 5.69 Å². The number of nitrogens with one attached hydrogen (secondary N) is 1. The summed E-state index contributed by atoms with van der Waals surface area (Å²) in [5.74, 6) is 0.415. The van der Waals surface area contributed by atoms with Crippen LogP contribution in [0.15, 0.2) is 28.6 Å². The minimum Gasteiger partial charge on any atom is -0.374 e. The largest absolute Gasteiger partial charge is 0.374 e. The van der Waals surface area contributed by atoms with Gasteiger partial charge in [-0.25, -0.2) is 0 Å². The summed E-state index contributed by atoms with van der Waals surface area (Å²) in [5.41, 5.74) is 7.57. The molecule has 0 radical (unpaired) electrons. The number of aromatic nitrogens is 2. The van der Waals surface area contributed by atoms with E-state index in [1.165, 1.54) is 28.7 Å². The van der Waals surface area contributed by atoms with E-state index in [4.69, 9.17) is 5.73 Å². The van der Waals surface area contributed by atoms with Gasteiger partial charge in [0.1, 0.15) is 0 Å². The zero-order chi connectivity index (χ0) is 15.4. The molecule has 0 spiro atoms. The van der Waals surface area contributed by atoms with Crippen molar-refractivity contribution in [2.75, 3.05) is 11.1 Å². The van der Waals surface area contributed by atoms with E-state index in [1.54, 1.807) is 0 Å². The summed E-state index contributed by atoms with van der Waals surface area (Å²) in [6.07, 6.45) is 0. The van der Waals surface area contributed by atoms with Gasteiger partial charge in [-0.15, -0.1) is 10.2 Å². The van der Waals surface area contributed by atoms with Crippen LogP contribution in [-0.4, -0.2) is 21.4 Å². The maximum atomic E-state index is 12.1. The van der Waals surface area contributed by atoms with Crippen LogP contribution >= 0.6 is 23.1 Å². The summed E-state index contributed by atoms with van der Waals surface area (Å²) in [4.78, 5) is 12.1. The van der Waals surface area contributed by atoms with Crippen molar-refractivity contribution in [2.24, 2.45) is 0 Å². The second kappa shape index (κ2) is 6.91. The Balaban J connectivity index is 1.93. The highest BCUT2D eigenvalue weighted by Gasteiger charge is 2.17. The average Bonchev–Trinajstić information content (AvgIpc) is 2.84. The number of carbonyl (C=O) groups excluding carboxylic acids is 1. The van der Waals surface area contributed by atoms with E-state index in [2.05, 4.69) is 29.4 Å². The topological polar surface area (TPSA) is 80.9 Å². The number of nitrogens with zero attached hydrogens (tertiary/aromatic N) is 2. The van der Waals surface area contributed by atoms with Crippen LogP contribution in [0.4, 0.5) is 10.8 Å². The SMILES string of the molecule is CC(C)c1ccc(NC(=O)[C@@H](C)Sc2nnc(N)s2)cc1. The molecule has 1 atom stereocenters. The van der Waals surface area contributed by atoms with Crippen molar-refractivity contribution in [3.63, 3.8) is 0 Å². The first-order valence-electron chi connectivity index (χ1n) is 6.62.